The standard InChI is InChI=1S/C14H14ClN3O2/c1-10(2)20-13(19)6-7-18-9-16-14(17-18)11-4-3-5-12(15)8-11/h3-10H,1-2H3/p+1/b7-6-. The molecule has 5 nitrogen and oxygen atoms in total. The van der Waals surface area contributed by atoms with Crippen LogP contribution in [0, 0.1) is 0 Å². The SMILES string of the molecule is CC(C)OC(=O)/C=C\[n+]1cnc(-c2cccc(Cl)c2)[nH]1. The fraction of sp³-hybridized carbons (Fsp3) is 0.214. The van der Waals surface area contributed by atoms with Gasteiger partial charge < -0.3 is 4.74 Å². The number of halogens is 1. The summed E-state index contributed by atoms with van der Waals surface area (Å²) in [6.07, 6.45) is 4.31. The second-order valence-electron chi connectivity index (χ2n) is 4.42. The average Bonchev–Trinajstić information content (AvgIpc) is 2.84. The topological polar surface area (TPSA) is 58.9 Å². The van der Waals surface area contributed by atoms with E-state index in [4.69, 9.17) is 16.3 Å². The summed E-state index contributed by atoms with van der Waals surface area (Å²) in [7, 11) is 0. The fourth-order valence-corrected chi connectivity index (χ4v) is 1.75. The Morgan fingerprint density at radius 3 is 3.00 bits per heavy atom. The zero-order chi connectivity index (χ0) is 14.5. The highest BCUT2D eigenvalue weighted by Crippen LogP contribution is 2.17. The van der Waals surface area contributed by atoms with Gasteiger partial charge in [0.2, 0.25) is 0 Å². The minimum Gasteiger partial charge on any atom is -0.460 e. The van der Waals surface area contributed by atoms with Crippen molar-refractivity contribution >= 4 is 23.8 Å². The Balaban J connectivity index is 2.10. The maximum atomic E-state index is 11.4. The van der Waals surface area contributed by atoms with Gasteiger partial charge in [-0.25, -0.2) is 4.79 Å². The number of esters is 1. The smallest absolute Gasteiger partial charge is 0.334 e. The van der Waals surface area contributed by atoms with Crippen molar-refractivity contribution < 1.29 is 14.2 Å². The molecule has 0 bridgehead atoms. The molecule has 1 aromatic heterocycles. The van der Waals surface area contributed by atoms with Crippen LogP contribution in [0.25, 0.3) is 17.6 Å². The van der Waals surface area contributed by atoms with Crippen LogP contribution < -0.4 is 4.68 Å². The van der Waals surface area contributed by atoms with Crippen molar-refractivity contribution in [3.05, 3.63) is 41.7 Å². The number of hydrogen-bond acceptors (Lipinski definition) is 3. The summed E-state index contributed by atoms with van der Waals surface area (Å²) in [6.45, 7) is 3.60. The molecule has 0 atom stereocenters. The zero-order valence-electron chi connectivity index (χ0n) is 11.2. The number of ether oxygens (including phenoxy) is 1. The predicted molar refractivity (Wildman–Crippen MR) is 75.8 cm³/mol. The molecule has 0 saturated carbocycles. The molecular formula is C14H15ClN3O2+. The number of benzene rings is 1. The Kier molecular flexibility index (Phi) is 4.53. The van der Waals surface area contributed by atoms with E-state index in [1.807, 2.05) is 18.2 Å². The van der Waals surface area contributed by atoms with E-state index in [-0.39, 0.29) is 6.10 Å². The molecule has 2 rings (SSSR count). The van der Waals surface area contributed by atoms with E-state index in [1.54, 1.807) is 37.1 Å². The summed E-state index contributed by atoms with van der Waals surface area (Å²) < 4.78 is 6.56. The molecular weight excluding hydrogens is 278 g/mol. The van der Waals surface area contributed by atoms with Crippen LogP contribution >= 0.6 is 11.6 Å². The van der Waals surface area contributed by atoms with Crippen LogP contribution in [0.2, 0.25) is 5.02 Å². The molecule has 0 fully saturated rings. The lowest BCUT2D eigenvalue weighted by Crippen LogP contribution is -2.27. The number of hydrogen-bond donors (Lipinski definition) is 1. The van der Waals surface area contributed by atoms with Gasteiger partial charge in [-0.2, -0.15) is 5.10 Å². The van der Waals surface area contributed by atoms with Crippen LogP contribution in [0.5, 0.6) is 0 Å². The third kappa shape index (κ3) is 3.93. The predicted octanol–water partition coefficient (Wildman–Crippen LogP) is 2.44. The van der Waals surface area contributed by atoms with Gasteiger partial charge in [0.1, 0.15) is 6.20 Å². The third-order valence-corrected chi connectivity index (χ3v) is 2.60. The van der Waals surface area contributed by atoms with Gasteiger partial charge >= 0.3 is 12.3 Å². The van der Waals surface area contributed by atoms with Crippen LogP contribution in [0.3, 0.4) is 0 Å². The number of carbonyl (C=O) groups excluding carboxylic acids is 1. The third-order valence-electron chi connectivity index (χ3n) is 2.37. The van der Waals surface area contributed by atoms with E-state index >= 15 is 0 Å². The molecule has 0 saturated heterocycles. The first-order chi connectivity index (χ1) is 9.54. The van der Waals surface area contributed by atoms with Crippen molar-refractivity contribution in [1.29, 1.82) is 0 Å². The minimum absolute atomic E-state index is 0.138. The monoisotopic (exact) mass is 292 g/mol. The van der Waals surface area contributed by atoms with E-state index in [2.05, 4.69) is 10.1 Å². The number of carbonyl (C=O) groups is 1. The molecule has 6 heteroatoms. The zero-order valence-corrected chi connectivity index (χ0v) is 12.0. The van der Waals surface area contributed by atoms with Crippen LogP contribution in [0.15, 0.2) is 36.7 Å². The number of aromatic nitrogens is 3. The highest BCUT2D eigenvalue weighted by Gasteiger charge is 2.10. The van der Waals surface area contributed by atoms with Crippen LogP contribution in [-0.2, 0) is 9.53 Å². The Bertz CT molecular complexity index is 635. The van der Waals surface area contributed by atoms with E-state index in [9.17, 15) is 4.79 Å². The van der Waals surface area contributed by atoms with E-state index in [0.717, 1.165) is 5.56 Å². The lowest BCUT2D eigenvalue weighted by Gasteiger charge is -2.02. The average molecular weight is 293 g/mol. The summed E-state index contributed by atoms with van der Waals surface area (Å²) in [5.74, 6) is 0.265. The van der Waals surface area contributed by atoms with Crippen molar-refractivity contribution in [1.82, 2.24) is 10.1 Å². The van der Waals surface area contributed by atoms with E-state index < -0.39 is 5.97 Å². The fourth-order valence-electron chi connectivity index (χ4n) is 1.56. The molecule has 1 heterocycles. The molecule has 0 unspecified atom stereocenters. The first-order valence-electron chi connectivity index (χ1n) is 6.15. The van der Waals surface area contributed by atoms with Crippen molar-refractivity contribution in [3.63, 3.8) is 0 Å². The molecule has 1 aromatic carbocycles. The maximum absolute atomic E-state index is 11.4. The van der Waals surface area contributed by atoms with Gasteiger partial charge in [-0.1, -0.05) is 17.7 Å². The second-order valence-corrected chi connectivity index (χ2v) is 4.86. The summed E-state index contributed by atoms with van der Waals surface area (Å²) in [6, 6.07) is 7.34. The Morgan fingerprint density at radius 2 is 2.30 bits per heavy atom. The van der Waals surface area contributed by atoms with Crippen LogP contribution in [0.4, 0.5) is 0 Å². The van der Waals surface area contributed by atoms with E-state index in [0.29, 0.717) is 10.8 Å². The Morgan fingerprint density at radius 1 is 1.50 bits per heavy atom. The Hall–Kier alpha value is -2.14. The maximum Gasteiger partial charge on any atom is 0.334 e. The van der Waals surface area contributed by atoms with Gasteiger partial charge in [-0.15, -0.1) is 4.68 Å². The number of rotatable bonds is 4. The highest BCUT2D eigenvalue weighted by molar-refractivity contribution is 6.30. The van der Waals surface area contributed by atoms with Crippen molar-refractivity contribution in [3.8, 4) is 11.4 Å². The summed E-state index contributed by atoms with van der Waals surface area (Å²) in [4.78, 5) is 15.6. The molecule has 0 aliphatic rings. The number of H-pyrrole nitrogens is 1. The molecule has 0 amide bonds. The number of nitrogens with one attached hydrogen (secondary N) is 1. The van der Waals surface area contributed by atoms with Crippen molar-refractivity contribution in [2.45, 2.75) is 20.0 Å². The highest BCUT2D eigenvalue weighted by atomic mass is 35.5. The second kappa shape index (κ2) is 6.34. The quantitative estimate of drug-likeness (QED) is 0.535. The first-order valence-corrected chi connectivity index (χ1v) is 6.53. The largest absolute Gasteiger partial charge is 0.460 e. The molecule has 0 aliphatic heterocycles. The first kappa shape index (κ1) is 14.3. The Labute approximate surface area is 121 Å². The number of aromatic amines is 1. The molecule has 20 heavy (non-hydrogen) atoms. The molecule has 0 aliphatic carbocycles. The molecule has 0 spiro atoms. The summed E-state index contributed by atoms with van der Waals surface area (Å²) in [5.41, 5.74) is 0.870. The molecule has 0 radical (unpaired) electrons. The number of nitrogens with zero attached hydrogens (tertiary/aromatic N) is 2. The van der Waals surface area contributed by atoms with Gasteiger partial charge in [0, 0.05) is 10.6 Å². The van der Waals surface area contributed by atoms with Crippen LogP contribution in [0.1, 0.15) is 13.8 Å². The van der Waals surface area contributed by atoms with E-state index in [1.165, 1.54) is 6.08 Å². The minimum atomic E-state index is -0.397. The van der Waals surface area contributed by atoms with Gasteiger partial charge in [-0.3, -0.25) is 0 Å². The van der Waals surface area contributed by atoms with Gasteiger partial charge in [-0.05, 0) is 37.0 Å². The van der Waals surface area contributed by atoms with Gasteiger partial charge in [0.25, 0.3) is 5.82 Å². The van der Waals surface area contributed by atoms with Crippen molar-refractivity contribution in [2.24, 2.45) is 0 Å². The van der Waals surface area contributed by atoms with Crippen LogP contribution in [-0.4, -0.2) is 22.2 Å². The normalized spacial score (nSPS) is 11.2. The van der Waals surface area contributed by atoms with Gasteiger partial charge in [0.05, 0.1) is 12.2 Å². The van der Waals surface area contributed by atoms with Crippen molar-refractivity contribution in [2.75, 3.05) is 0 Å². The molecule has 1 N–H and O–H groups in total. The summed E-state index contributed by atoms with van der Waals surface area (Å²) >= 11 is 5.93. The lowest BCUT2D eigenvalue weighted by molar-refractivity contribution is -0.630. The van der Waals surface area contributed by atoms with Gasteiger partial charge in [0.15, 0.2) is 0 Å². The lowest BCUT2D eigenvalue weighted by atomic mass is 10.2. The summed E-state index contributed by atoms with van der Waals surface area (Å²) in [5, 5.41) is 3.66. The molecule has 104 valence electrons. The molecule has 2 aromatic rings.